The Kier molecular flexibility index (Phi) is 3.27. The Morgan fingerprint density at radius 1 is 1.13 bits per heavy atom. The van der Waals surface area contributed by atoms with Gasteiger partial charge in [-0.1, -0.05) is 18.2 Å². The quantitative estimate of drug-likeness (QED) is 0.801. The van der Waals surface area contributed by atoms with Gasteiger partial charge in [-0.3, -0.25) is 0 Å². The smallest absolute Gasteiger partial charge is 0.0485 e. The summed E-state index contributed by atoms with van der Waals surface area (Å²) < 4.78 is 5.36. The molecule has 1 saturated heterocycles. The summed E-state index contributed by atoms with van der Waals surface area (Å²) in [5.74, 6) is 0. The maximum atomic E-state index is 5.36. The Morgan fingerprint density at radius 3 is 2.33 bits per heavy atom. The van der Waals surface area contributed by atoms with E-state index in [2.05, 4.69) is 37.4 Å². The first-order valence-electron chi connectivity index (χ1n) is 5.68. The molecule has 1 aliphatic heterocycles. The number of anilines is 1. The molecule has 0 spiro atoms. The van der Waals surface area contributed by atoms with E-state index in [9.17, 15) is 0 Å². The van der Waals surface area contributed by atoms with E-state index in [1.165, 1.54) is 16.8 Å². The number of hydrogen-bond donors (Lipinski definition) is 1. The van der Waals surface area contributed by atoms with Crippen LogP contribution in [0.1, 0.15) is 24.0 Å². The summed E-state index contributed by atoms with van der Waals surface area (Å²) in [5.41, 5.74) is 3.98. The lowest BCUT2D eigenvalue weighted by molar-refractivity contribution is 0.0904. The van der Waals surface area contributed by atoms with Gasteiger partial charge in [0.2, 0.25) is 0 Å². The van der Waals surface area contributed by atoms with Crippen LogP contribution in [0.15, 0.2) is 18.2 Å². The zero-order valence-electron chi connectivity index (χ0n) is 9.55. The van der Waals surface area contributed by atoms with E-state index < -0.39 is 0 Å². The molecule has 0 amide bonds. The van der Waals surface area contributed by atoms with Crippen LogP contribution in [0.2, 0.25) is 0 Å². The van der Waals surface area contributed by atoms with Crippen LogP contribution in [0.25, 0.3) is 0 Å². The maximum absolute atomic E-state index is 5.36. The molecule has 1 aromatic carbocycles. The van der Waals surface area contributed by atoms with Gasteiger partial charge in [-0.2, -0.15) is 0 Å². The van der Waals surface area contributed by atoms with Crippen LogP contribution in [-0.2, 0) is 4.74 Å². The highest BCUT2D eigenvalue weighted by Crippen LogP contribution is 2.22. The summed E-state index contributed by atoms with van der Waals surface area (Å²) in [4.78, 5) is 0. The average molecular weight is 205 g/mol. The Labute approximate surface area is 91.6 Å². The SMILES string of the molecule is Cc1cccc(C)c1NC1CCOCC1. The zero-order valence-corrected chi connectivity index (χ0v) is 9.55. The highest BCUT2D eigenvalue weighted by molar-refractivity contribution is 5.57. The van der Waals surface area contributed by atoms with Crippen molar-refractivity contribution in [3.8, 4) is 0 Å². The van der Waals surface area contributed by atoms with Gasteiger partial charge in [0.25, 0.3) is 0 Å². The van der Waals surface area contributed by atoms with Crippen LogP contribution in [0.3, 0.4) is 0 Å². The summed E-state index contributed by atoms with van der Waals surface area (Å²) in [5, 5.41) is 3.64. The number of aryl methyl sites for hydroxylation is 2. The predicted octanol–water partition coefficient (Wildman–Crippen LogP) is 2.89. The van der Waals surface area contributed by atoms with E-state index in [4.69, 9.17) is 4.74 Å². The summed E-state index contributed by atoms with van der Waals surface area (Å²) >= 11 is 0. The largest absolute Gasteiger partial charge is 0.382 e. The van der Waals surface area contributed by atoms with Gasteiger partial charge in [-0.15, -0.1) is 0 Å². The van der Waals surface area contributed by atoms with Gasteiger partial charge < -0.3 is 10.1 Å². The van der Waals surface area contributed by atoms with Crippen molar-refractivity contribution in [2.24, 2.45) is 0 Å². The van der Waals surface area contributed by atoms with Crippen LogP contribution in [0.4, 0.5) is 5.69 Å². The van der Waals surface area contributed by atoms with Gasteiger partial charge in [-0.05, 0) is 37.8 Å². The highest BCUT2D eigenvalue weighted by atomic mass is 16.5. The van der Waals surface area contributed by atoms with Crippen molar-refractivity contribution in [2.45, 2.75) is 32.7 Å². The molecule has 1 fully saturated rings. The first-order chi connectivity index (χ1) is 7.27. The van der Waals surface area contributed by atoms with Crippen LogP contribution in [-0.4, -0.2) is 19.3 Å². The molecule has 15 heavy (non-hydrogen) atoms. The predicted molar refractivity (Wildman–Crippen MR) is 63.4 cm³/mol. The van der Waals surface area contributed by atoms with Crippen molar-refractivity contribution in [1.82, 2.24) is 0 Å². The molecule has 0 bridgehead atoms. The molecule has 82 valence electrons. The molecule has 2 rings (SSSR count). The van der Waals surface area contributed by atoms with E-state index in [0.29, 0.717) is 6.04 Å². The van der Waals surface area contributed by atoms with Crippen LogP contribution in [0.5, 0.6) is 0 Å². The second-order valence-electron chi connectivity index (χ2n) is 4.30. The van der Waals surface area contributed by atoms with Crippen molar-refractivity contribution >= 4 is 5.69 Å². The second kappa shape index (κ2) is 4.67. The van der Waals surface area contributed by atoms with Crippen molar-refractivity contribution in [3.63, 3.8) is 0 Å². The van der Waals surface area contributed by atoms with Crippen molar-refractivity contribution in [2.75, 3.05) is 18.5 Å². The summed E-state index contributed by atoms with van der Waals surface area (Å²) in [6.07, 6.45) is 2.24. The molecular formula is C13H19NO. The lowest BCUT2D eigenvalue weighted by atomic mass is 10.0. The van der Waals surface area contributed by atoms with Crippen molar-refractivity contribution in [1.29, 1.82) is 0 Å². The van der Waals surface area contributed by atoms with Gasteiger partial charge in [-0.25, -0.2) is 0 Å². The van der Waals surface area contributed by atoms with Gasteiger partial charge in [0, 0.05) is 24.9 Å². The van der Waals surface area contributed by atoms with Gasteiger partial charge >= 0.3 is 0 Å². The molecule has 1 heterocycles. The Bertz CT molecular complexity index is 309. The van der Waals surface area contributed by atoms with Crippen LogP contribution >= 0.6 is 0 Å². The first kappa shape index (κ1) is 10.5. The Balaban J connectivity index is 2.09. The third-order valence-electron chi connectivity index (χ3n) is 3.05. The monoisotopic (exact) mass is 205 g/mol. The minimum atomic E-state index is 0.582. The molecule has 0 aromatic heterocycles. The van der Waals surface area contributed by atoms with Gasteiger partial charge in [0.05, 0.1) is 0 Å². The molecule has 0 aliphatic carbocycles. The second-order valence-corrected chi connectivity index (χ2v) is 4.30. The van der Waals surface area contributed by atoms with Gasteiger partial charge in [0.1, 0.15) is 0 Å². The fourth-order valence-electron chi connectivity index (χ4n) is 2.09. The standard InChI is InChI=1S/C13H19NO/c1-10-4-3-5-11(2)13(10)14-12-6-8-15-9-7-12/h3-5,12,14H,6-9H2,1-2H3. The van der Waals surface area contributed by atoms with E-state index >= 15 is 0 Å². The molecule has 1 aromatic rings. The molecule has 0 atom stereocenters. The Morgan fingerprint density at radius 2 is 1.73 bits per heavy atom. The lowest BCUT2D eigenvalue weighted by Gasteiger charge is -2.26. The molecular weight excluding hydrogens is 186 g/mol. The zero-order chi connectivity index (χ0) is 10.7. The van der Waals surface area contributed by atoms with Crippen LogP contribution in [0, 0.1) is 13.8 Å². The molecule has 1 aliphatic rings. The Hall–Kier alpha value is -1.02. The third-order valence-corrected chi connectivity index (χ3v) is 3.05. The topological polar surface area (TPSA) is 21.3 Å². The normalized spacial score (nSPS) is 17.7. The molecule has 1 N–H and O–H groups in total. The van der Waals surface area contributed by atoms with Gasteiger partial charge in [0.15, 0.2) is 0 Å². The van der Waals surface area contributed by atoms with E-state index in [1.54, 1.807) is 0 Å². The molecule has 2 heteroatoms. The van der Waals surface area contributed by atoms with Crippen LogP contribution < -0.4 is 5.32 Å². The number of ether oxygens (including phenoxy) is 1. The molecule has 0 saturated carbocycles. The summed E-state index contributed by atoms with van der Waals surface area (Å²) in [7, 11) is 0. The number of nitrogens with one attached hydrogen (secondary N) is 1. The third kappa shape index (κ3) is 2.51. The number of benzene rings is 1. The summed E-state index contributed by atoms with van der Waals surface area (Å²) in [6.45, 7) is 6.11. The van der Waals surface area contributed by atoms with Crippen molar-refractivity contribution < 1.29 is 4.74 Å². The molecule has 0 radical (unpaired) electrons. The minimum absolute atomic E-state index is 0.582. The summed E-state index contributed by atoms with van der Waals surface area (Å²) in [6, 6.07) is 7.02. The number of para-hydroxylation sites is 1. The van der Waals surface area contributed by atoms with E-state index in [-0.39, 0.29) is 0 Å². The molecule has 0 unspecified atom stereocenters. The fourth-order valence-corrected chi connectivity index (χ4v) is 2.09. The first-order valence-corrected chi connectivity index (χ1v) is 5.68. The molecule has 2 nitrogen and oxygen atoms in total. The number of rotatable bonds is 2. The minimum Gasteiger partial charge on any atom is -0.382 e. The average Bonchev–Trinajstić information content (AvgIpc) is 2.25. The van der Waals surface area contributed by atoms with E-state index in [0.717, 1.165) is 26.1 Å². The lowest BCUT2D eigenvalue weighted by Crippen LogP contribution is -2.28. The van der Waals surface area contributed by atoms with E-state index in [1.807, 2.05) is 0 Å². The van der Waals surface area contributed by atoms with Crippen molar-refractivity contribution in [3.05, 3.63) is 29.3 Å². The fraction of sp³-hybridized carbons (Fsp3) is 0.538. The maximum Gasteiger partial charge on any atom is 0.0485 e. The highest BCUT2D eigenvalue weighted by Gasteiger charge is 2.14. The number of hydrogen-bond acceptors (Lipinski definition) is 2.